The van der Waals surface area contributed by atoms with E-state index in [-0.39, 0.29) is 17.2 Å². The fourth-order valence-electron chi connectivity index (χ4n) is 1.36. The van der Waals surface area contributed by atoms with Crippen molar-refractivity contribution in [2.45, 2.75) is 6.92 Å². The summed E-state index contributed by atoms with van der Waals surface area (Å²) >= 11 is 5.56. The first-order chi connectivity index (χ1) is 7.60. The molecule has 1 N–H and O–H groups in total. The number of benzene rings is 1. The first-order valence-corrected chi connectivity index (χ1v) is 5.47. The van der Waals surface area contributed by atoms with Gasteiger partial charge < -0.3 is 10.0 Å². The van der Waals surface area contributed by atoms with Crippen LogP contribution >= 0.6 is 11.6 Å². The van der Waals surface area contributed by atoms with Crippen LogP contribution in [0.1, 0.15) is 17.3 Å². The number of hydrogen-bond acceptors (Lipinski definition) is 2. The lowest BCUT2D eigenvalue weighted by atomic mass is 10.1. The molecule has 88 valence electrons. The van der Waals surface area contributed by atoms with Gasteiger partial charge in [0.05, 0.1) is 5.56 Å². The normalized spacial score (nSPS) is 10.2. The number of nitrogens with zero attached hydrogens (tertiary/aromatic N) is 1. The highest BCUT2D eigenvalue weighted by Crippen LogP contribution is 2.19. The minimum Gasteiger partial charge on any atom is -0.507 e. The lowest BCUT2D eigenvalue weighted by Gasteiger charge is -2.19. The molecule has 0 atom stereocenters. The Morgan fingerprint density at radius 3 is 2.75 bits per heavy atom. The summed E-state index contributed by atoms with van der Waals surface area (Å²) in [6.07, 6.45) is 0. The molecule has 5 heteroatoms. The molecule has 1 aromatic carbocycles. The SMILES string of the molecule is CCN(CCCl)C(=O)c1ccc(F)cc1O. The van der Waals surface area contributed by atoms with Crippen LogP contribution in [0.15, 0.2) is 18.2 Å². The fourth-order valence-corrected chi connectivity index (χ4v) is 1.57. The summed E-state index contributed by atoms with van der Waals surface area (Å²) in [5.41, 5.74) is 0.0911. The van der Waals surface area contributed by atoms with Gasteiger partial charge in [-0.25, -0.2) is 4.39 Å². The molecule has 0 fully saturated rings. The van der Waals surface area contributed by atoms with Crippen molar-refractivity contribution in [2.24, 2.45) is 0 Å². The van der Waals surface area contributed by atoms with Crippen LogP contribution in [0.5, 0.6) is 5.75 Å². The fraction of sp³-hybridized carbons (Fsp3) is 0.364. The summed E-state index contributed by atoms with van der Waals surface area (Å²) in [5.74, 6) is -0.949. The smallest absolute Gasteiger partial charge is 0.257 e. The Bertz CT molecular complexity index is 384. The summed E-state index contributed by atoms with van der Waals surface area (Å²) in [5, 5.41) is 9.45. The first kappa shape index (κ1) is 12.8. The summed E-state index contributed by atoms with van der Waals surface area (Å²) in [6.45, 7) is 2.70. The van der Waals surface area contributed by atoms with E-state index in [1.807, 2.05) is 6.92 Å². The van der Waals surface area contributed by atoms with Crippen molar-refractivity contribution in [2.75, 3.05) is 19.0 Å². The molecule has 0 aliphatic carbocycles. The second kappa shape index (κ2) is 5.70. The van der Waals surface area contributed by atoms with Crippen molar-refractivity contribution in [3.63, 3.8) is 0 Å². The number of carbonyl (C=O) groups is 1. The van der Waals surface area contributed by atoms with Gasteiger partial charge in [0.25, 0.3) is 5.91 Å². The van der Waals surface area contributed by atoms with E-state index in [2.05, 4.69) is 0 Å². The van der Waals surface area contributed by atoms with Crippen LogP contribution in [0.3, 0.4) is 0 Å². The number of hydrogen-bond donors (Lipinski definition) is 1. The van der Waals surface area contributed by atoms with E-state index in [1.165, 1.54) is 11.0 Å². The quantitative estimate of drug-likeness (QED) is 0.827. The summed E-state index contributed by atoms with van der Waals surface area (Å²) in [4.78, 5) is 13.4. The summed E-state index contributed by atoms with van der Waals surface area (Å²) < 4.78 is 12.7. The van der Waals surface area contributed by atoms with Crippen molar-refractivity contribution < 1.29 is 14.3 Å². The Morgan fingerprint density at radius 2 is 2.25 bits per heavy atom. The molecule has 0 unspecified atom stereocenters. The Kier molecular flexibility index (Phi) is 4.55. The number of carbonyl (C=O) groups excluding carboxylic acids is 1. The van der Waals surface area contributed by atoms with E-state index in [1.54, 1.807) is 0 Å². The molecule has 0 saturated heterocycles. The number of alkyl halides is 1. The second-order valence-electron chi connectivity index (χ2n) is 3.24. The Balaban J connectivity index is 2.94. The van der Waals surface area contributed by atoms with Gasteiger partial charge in [0, 0.05) is 25.0 Å². The van der Waals surface area contributed by atoms with Gasteiger partial charge in [-0.3, -0.25) is 4.79 Å². The van der Waals surface area contributed by atoms with Crippen molar-refractivity contribution in [1.82, 2.24) is 4.90 Å². The van der Waals surface area contributed by atoms with Crippen LogP contribution in [0, 0.1) is 5.82 Å². The lowest BCUT2D eigenvalue weighted by Crippen LogP contribution is -2.32. The third kappa shape index (κ3) is 2.85. The maximum atomic E-state index is 12.7. The summed E-state index contributed by atoms with van der Waals surface area (Å²) in [6, 6.07) is 3.33. The molecule has 16 heavy (non-hydrogen) atoms. The molecule has 3 nitrogen and oxygen atoms in total. The molecular weight excluding hydrogens is 233 g/mol. The van der Waals surface area contributed by atoms with E-state index in [0.717, 1.165) is 12.1 Å². The van der Waals surface area contributed by atoms with Crippen molar-refractivity contribution in [3.8, 4) is 5.75 Å². The Labute approximate surface area is 98.4 Å². The van der Waals surface area contributed by atoms with Gasteiger partial charge in [-0.15, -0.1) is 11.6 Å². The third-order valence-electron chi connectivity index (χ3n) is 2.21. The van der Waals surface area contributed by atoms with Crippen LogP contribution in [-0.4, -0.2) is 34.9 Å². The number of phenols is 1. The van der Waals surface area contributed by atoms with Crippen LogP contribution in [0.4, 0.5) is 4.39 Å². The van der Waals surface area contributed by atoms with E-state index >= 15 is 0 Å². The number of aromatic hydroxyl groups is 1. The maximum absolute atomic E-state index is 12.7. The van der Waals surface area contributed by atoms with Gasteiger partial charge in [-0.2, -0.15) is 0 Å². The maximum Gasteiger partial charge on any atom is 0.257 e. The average Bonchev–Trinajstić information content (AvgIpc) is 2.25. The molecule has 1 aromatic rings. The van der Waals surface area contributed by atoms with Crippen LogP contribution in [0.25, 0.3) is 0 Å². The molecule has 0 aliphatic heterocycles. The number of halogens is 2. The number of amides is 1. The topological polar surface area (TPSA) is 40.5 Å². The number of rotatable bonds is 4. The van der Waals surface area contributed by atoms with Gasteiger partial charge >= 0.3 is 0 Å². The summed E-state index contributed by atoms with van der Waals surface area (Å²) in [7, 11) is 0. The van der Waals surface area contributed by atoms with Gasteiger partial charge in [-0.05, 0) is 19.1 Å². The molecule has 0 aliphatic rings. The highest BCUT2D eigenvalue weighted by atomic mass is 35.5. The van der Waals surface area contributed by atoms with Gasteiger partial charge in [0.15, 0.2) is 0 Å². The lowest BCUT2D eigenvalue weighted by molar-refractivity contribution is 0.0771. The van der Waals surface area contributed by atoms with E-state index in [4.69, 9.17) is 11.6 Å². The molecule has 0 aromatic heterocycles. The number of phenolic OH excluding ortho intramolecular Hbond substituents is 1. The second-order valence-corrected chi connectivity index (χ2v) is 3.61. The van der Waals surface area contributed by atoms with E-state index in [9.17, 15) is 14.3 Å². The van der Waals surface area contributed by atoms with Gasteiger partial charge in [0.2, 0.25) is 0 Å². The Morgan fingerprint density at radius 1 is 1.56 bits per heavy atom. The van der Waals surface area contributed by atoms with E-state index < -0.39 is 5.82 Å². The minimum atomic E-state index is -0.575. The highest BCUT2D eigenvalue weighted by molar-refractivity contribution is 6.18. The van der Waals surface area contributed by atoms with Crippen molar-refractivity contribution in [1.29, 1.82) is 0 Å². The molecule has 1 rings (SSSR count). The largest absolute Gasteiger partial charge is 0.507 e. The zero-order valence-corrected chi connectivity index (χ0v) is 9.67. The zero-order valence-electron chi connectivity index (χ0n) is 8.91. The molecule has 0 heterocycles. The van der Waals surface area contributed by atoms with E-state index in [0.29, 0.717) is 19.0 Å². The average molecular weight is 246 g/mol. The molecule has 1 amide bonds. The monoisotopic (exact) mass is 245 g/mol. The molecule has 0 radical (unpaired) electrons. The van der Waals surface area contributed by atoms with Crippen molar-refractivity contribution >= 4 is 17.5 Å². The van der Waals surface area contributed by atoms with Gasteiger partial charge in [-0.1, -0.05) is 0 Å². The predicted molar refractivity (Wildman–Crippen MR) is 60.4 cm³/mol. The Hall–Kier alpha value is -1.29. The molecule has 0 spiro atoms. The van der Waals surface area contributed by atoms with Gasteiger partial charge in [0.1, 0.15) is 11.6 Å². The highest BCUT2D eigenvalue weighted by Gasteiger charge is 2.17. The molecule has 0 bridgehead atoms. The first-order valence-electron chi connectivity index (χ1n) is 4.94. The standard InChI is InChI=1S/C11H13ClFNO2/c1-2-14(6-5-12)11(16)9-4-3-8(13)7-10(9)15/h3-4,7,15H,2,5-6H2,1H3. The van der Waals surface area contributed by atoms with Crippen LogP contribution in [0.2, 0.25) is 0 Å². The van der Waals surface area contributed by atoms with Crippen LogP contribution in [-0.2, 0) is 0 Å². The van der Waals surface area contributed by atoms with Crippen molar-refractivity contribution in [3.05, 3.63) is 29.6 Å². The van der Waals surface area contributed by atoms with Crippen LogP contribution < -0.4 is 0 Å². The molecule has 0 saturated carbocycles. The third-order valence-corrected chi connectivity index (χ3v) is 2.38. The predicted octanol–water partition coefficient (Wildman–Crippen LogP) is 2.23. The zero-order chi connectivity index (χ0) is 12.1. The minimum absolute atomic E-state index is 0.0911. The molecular formula is C11H13ClFNO2.